The van der Waals surface area contributed by atoms with E-state index in [9.17, 15) is 30.9 Å². The van der Waals surface area contributed by atoms with Crippen LogP contribution in [-0.2, 0) is 27.1 Å². The summed E-state index contributed by atoms with van der Waals surface area (Å²) in [5.74, 6) is -0.0139. The fourth-order valence-corrected chi connectivity index (χ4v) is 8.57. The Bertz CT molecular complexity index is 1770. The molecule has 3 aromatic rings. The van der Waals surface area contributed by atoms with Gasteiger partial charge in [0.1, 0.15) is 11.2 Å². The molecule has 0 radical (unpaired) electrons. The Morgan fingerprint density at radius 2 is 1.93 bits per heavy atom. The summed E-state index contributed by atoms with van der Waals surface area (Å²) in [5.41, 5.74) is 0.806. The van der Waals surface area contributed by atoms with Gasteiger partial charge in [-0.3, -0.25) is 4.68 Å². The molecule has 1 aliphatic carbocycles. The number of aryl methyl sites for hydroxylation is 1. The average Bonchev–Trinajstić information content (AvgIpc) is 3.31. The molecular formula is C24H27F2N7O4S3. The first-order valence-corrected chi connectivity index (χ1v) is 16.4. The van der Waals surface area contributed by atoms with Crippen LogP contribution < -0.4 is 4.72 Å². The molecule has 2 aromatic heterocycles. The number of hydrogen-bond acceptors (Lipinski definition) is 9. The Balaban J connectivity index is 1.64. The lowest BCUT2D eigenvalue weighted by atomic mass is 9.97. The molecule has 11 nitrogen and oxygen atoms in total. The van der Waals surface area contributed by atoms with E-state index in [0.717, 1.165) is 5.57 Å². The molecule has 1 N–H and O–H groups in total. The van der Waals surface area contributed by atoms with E-state index in [4.69, 9.17) is 0 Å². The van der Waals surface area contributed by atoms with E-state index in [1.807, 2.05) is 19.9 Å². The maximum atomic E-state index is 13.4. The van der Waals surface area contributed by atoms with Gasteiger partial charge in [0, 0.05) is 31.1 Å². The van der Waals surface area contributed by atoms with Crippen LogP contribution >= 0.6 is 11.3 Å². The number of nitriles is 1. The number of nitrogens with zero attached hydrogens (tertiary/aromatic N) is 6. The fourth-order valence-electron chi connectivity index (χ4n) is 4.72. The number of hydrogen-bond donors (Lipinski definition) is 1. The summed E-state index contributed by atoms with van der Waals surface area (Å²) < 4.78 is 84.3. The maximum Gasteiger partial charge on any atom is 0.291 e. The second kappa shape index (κ2) is 10.2. The number of sulfonamides is 2. The van der Waals surface area contributed by atoms with E-state index in [2.05, 4.69) is 20.0 Å². The van der Waals surface area contributed by atoms with Crippen molar-refractivity contribution in [2.75, 3.05) is 18.8 Å². The van der Waals surface area contributed by atoms with Crippen LogP contribution in [0.2, 0.25) is 0 Å². The molecule has 0 atom stereocenters. The van der Waals surface area contributed by atoms with Gasteiger partial charge in [0.2, 0.25) is 20.0 Å². The van der Waals surface area contributed by atoms with E-state index in [1.54, 1.807) is 13.1 Å². The molecule has 0 spiro atoms. The Morgan fingerprint density at radius 3 is 2.48 bits per heavy atom. The van der Waals surface area contributed by atoms with Gasteiger partial charge in [0.25, 0.3) is 6.43 Å². The first-order chi connectivity index (χ1) is 18.7. The number of benzene rings is 1. The molecule has 2 aliphatic rings. The van der Waals surface area contributed by atoms with Crippen LogP contribution in [0.4, 0.5) is 8.78 Å². The second-order valence-electron chi connectivity index (χ2n) is 10.4. The molecule has 1 saturated carbocycles. The topological polar surface area (TPSA) is 151 Å². The maximum absolute atomic E-state index is 13.4. The van der Waals surface area contributed by atoms with Crippen molar-refractivity contribution in [1.82, 2.24) is 29.0 Å². The summed E-state index contributed by atoms with van der Waals surface area (Å²) in [6.07, 6.45) is 0.0382. The van der Waals surface area contributed by atoms with E-state index < -0.39 is 37.0 Å². The third-order valence-electron chi connectivity index (χ3n) is 6.80. The third-order valence-corrected chi connectivity index (χ3v) is 11.5. The molecule has 1 aliphatic heterocycles. The number of fused-ring (bicyclic) bond motifs is 1. The number of rotatable bonds is 9. The monoisotopic (exact) mass is 611 g/mol. The highest BCUT2D eigenvalue weighted by Gasteiger charge is 2.47. The normalized spacial score (nSPS) is 17.9. The summed E-state index contributed by atoms with van der Waals surface area (Å²) in [6, 6.07) is 4.89. The zero-order chi connectivity index (χ0) is 29.0. The Labute approximate surface area is 234 Å². The van der Waals surface area contributed by atoms with Gasteiger partial charge in [0.05, 0.1) is 22.2 Å². The molecule has 0 saturated heterocycles. The minimum atomic E-state index is -4.16. The average molecular weight is 612 g/mol. The van der Waals surface area contributed by atoms with Gasteiger partial charge in [-0.25, -0.2) is 25.6 Å². The third kappa shape index (κ3) is 5.40. The van der Waals surface area contributed by atoms with Gasteiger partial charge < -0.3 is 0 Å². The van der Waals surface area contributed by atoms with Gasteiger partial charge in [0.15, 0.2) is 10.0 Å². The van der Waals surface area contributed by atoms with Crippen LogP contribution in [0.5, 0.6) is 0 Å². The van der Waals surface area contributed by atoms with Crippen molar-refractivity contribution in [2.24, 2.45) is 13.0 Å². The van der Waals surface area contributed by atoms with Crippen molar-refractivity contribution in [3.63, 3.8) is 0 Å². The van der Waals surface area contributed by atoms with Crippen LogP contribution in [0.15, 0.2) is 23.1 Å². The summed E-state index contributed by atoms with van der Waals surface area (Å²) in [5, 5.41) is 21.3. The number of aromatic nitrogens is 4. The van der Waals surface area contributed by atoms with Crippen molar-refractivity contribution < 1.29 is 25.6 Å². The van der Waals surface area contributed by atoms with Crippen molar-refractivity contribution in [3.05, 3.63) is 28.8 Å². The van der Waals surface area contributed by atoms with Crippen molar-refractivity contribution in [3.8, 4) is 16.8 Å². The molecule has 5 rings (SSSR count). The van der Waals surface area contributed by atoms with Crippen LogP contribution in [-0.4, -0.2) is 65.5 Å². The van der Waals surface area contributed by atoms with E-state index in [1.165, 1.54) is 21.1 Å². The molecule has 40 heavy (non-hydrogen) atoms. The number of halogens is 2. The lowest BCUT2D eigenvalue weighted by Gasteiger charge is -2.27. The molecule has 3 heterocycles. The van der Waals surface area contributed by atoms with Gasteiger partial charge in [-0.15, -0.1) is 10.2 Å². The van der Waals surface area contributed by atoms with Crippen LogP contribution in [0.1, 0.15) is 50.1 Å². The largest absolute Gasteiger partial charge is 0.291 e. The van der Waals surface area contributed by atoms with Crippen molar-refractivity contribution in [1.29, 1.82) is 5.26 Å². The number of nitrogens with one attached hydrogen (secondary N) is 1. The first-order valence-electron chi connectivity index (χ1n) is 12.5. The highest BCUT2D eigenvalue weighted by Crippen LogP contribution is 2.40. The second-order valence-corrected chi connectivity index (χ2v) is 15.1. The summed E-state index contributed by atoms with van der Waals surface area (Å²) in [4.78, 5) is -0.125. The van der Waals surface area contributed by atoms with Crippen LogP contribution in [0.25, 0.3) is 27.2 Å². The minimum Gasteiger partial charge on any atom is -0.267 e. The SMILES string of the molecule is CC(C)CS(=O)(=O)N1CC=C(c2cc(S(=O)(=O)NC3(C#N)CC3)cc3c(-c4nnc(C(F)F)s4)nn(C)c23)CC1. The van der Waals surface area contributed by atoms with Crippen molar-refractivity contribution in [2.45, 2.75) is 50.0 Å². The zero-order valence-electron chi connectivity index (χ0n) is 21.9. The van der Waals surface area contributed by atoms with Gasteiger partial charge >= 0.3 is 0 Å². The molecular weight excluding hydrogens is 585 g/mol. The fraction of sp³-hybridized carbons (Fsp3) is 0.500. The van der Waals surface area contributed by atoms with Crippen LogP contribution in [0, 0.1) is 17.2 Å². The molecule has 1 aromatic carbocycles. The predicted octanol–water partition coefficient (Wildman–Crippen LogP) is 3.44. The van der Waals surface area contributed by atoms with Gasteiger partial charge in [-0.2, -0.15) is 19.4 Å². The quantitative estimate of drug-likeness (QED) is 0.387. The Kier molecular flexibility index (Phi) is 7.32. The molecule has 1 fully saturated rings. The first kappa shape index (κ1) is 28.7. The molecule has 0 bridgehead atoms. The zero-order valence-corrected chi connectivity index (χ0v) is 24.4. The molecule has 214 valence electrons. The molecule has 0 amide bonds. The van der Waals surface area contributed by atoms with E-state index in [-0.39, 0.29) is 40.4 Å². The molecule has 0 unspecified atom stereocenters. The van der Waals surface area contributed by atoms with E-state index in [0.29, 0.717) is 47.1 Å². The highest BCUT2D eigenvalue weighted by molar-refractivity contribution is 7.89. The van der Waals surface area contributed by atoms with Crippen molar-refractivity contribution >= 4 is 47.9 Å². The Morgan fingerprint density at radius 1 is 1.20 bits per heavy atom. The number of alkyl halides is 2. The summed E-state index contributed by atoms with van der Waals surface area (Å²) >= 11 is 0.664. The minimum absolute atomic E-state index is 0.0218. The van der Waals surface area contributed by atoms with Gasteiger partial charge in [-0.05, 0) is 42.9 Å². The molecule has 16 heteroatoms. The Hall–Kier alpha value is -2.84. The standard InChI is InChI=1S/C24H27F2N7O4S3/c1-14(2)12-39(34,35)33-8-4-15(5-9-33)17-10-16(40(36,37)31-24(13-27)6-7-24)11-18-19(30-32(3)20(17)18)22-28-29-23(38-22)21(25)26/h4,10-11,14,21,31H,5-9,12H2,1-3H3. The highest BCUT2D eigenvalue weighted by atomic mass is 32.2. The lowest BCUT2D eigenvalue weighted by Crippen LogP contribution is -2.37. The van der Waals surface area contributed by atoms with E-state index >= 15 is 0 Å². The lowest BCUT2D eigenvalue weighted by molar-refractivity contribution is 0.150. The summed E-state index contributed by atoms with van der Waals surface area (Å²) in [6.45, 7) is 4.01. The van der Waals surface area contributed by atoms with Gasteiger partial charge in [-0.1, -0.05) is 31.3 Å². The van der Waals surface area contributed by atoms with Crippen LogP contribution in [0.3, 0.4) is 0 Å². The predicted molar refractivity (Wildman–Crippen MR) is 145 cm³/mol. The smallest absolute Gasteiger partial charge is 0.267 e. The summed E-state index contributed by atoms with van der Waals surface area (Å²) in [7, 11) is -5.98.